The van der Waals surface area contributed by atoms with Crippen LogP contribution >= 0.6 is 0 Å². The minimum absolute atomic E-state index is 0. The molecule has 2 aromatic carbocycles. The molecule has 0 spiro atoms. The second-order valence-electron chi connectivity index (χ2n) is 6.92. The number of rotatable bonds is 3. The number of halogens is 1. The van der Waals surface area contributed by atoms with Crippen molar-refractivity contribution in [1.29, 1.82) is 0 Å². The van der Waals surface area contributed by atoms with Crippen molar-refractivity contribution in [2.45, 2.75) is 18.9 Å². The Morgan fingerprint density at radius 1 is 0.800 bits per heavy atom. The van der Waals surface area contributed by atoms with E-state index in [1.165, 1.54) is 18.9 Å². The van der Waals surface area contributed by atoms with Crippen LogP contribution in [0.15, 0.2) is 55.6 Å². The Morgan fingerprint density at radius 2 is 1.29 bits per heavy atom. The fourth-order valence-corrected chi connectivity index (χ4v) is 3.02. The van der Waals surface area contributed by atoms with Gasteiger partial charge in [-0.05, 0) is 48.7 Å². The second-order valence-corrected chi connectivity index (χ2v) is 6.92. The number of benzene rings is 2. The molecule has 1 fully saturated rings. The number of aldehydes is 1. The van der Waals surface area contributed by atoms with Crippen LogP contribution in [0.5, 0.6) is 23.0 Å². The number of hydrogen-bond donors (Lipinski definition) is 1. The van der Waals surface area contributed by atoms with Crippen LogP contribution in [0.3, 0.4) is 0 Å². The number of hydrogen-bond acceptors (Lipinski definition) is 7. The van der Waals surface area contributed by atoms with Crippen molar-refractivity contribution in [2.24, 2.45) is 0 Å². The summed E-state index contributed by atoms with van der Waals surface area (Å²) in [5.41, 5.74) is 1.38. The molecule has 186 valence electrons. The Balaban J connectivity index is 0.000000502. The Labute approximate surface area is 234 Å². The molecular formula is C26H31BrMgO7. The second kappa shape index (κ2) is 19.2. The van der Waals surface area contributed by atoms with Gasteiger partial charge >= 0.3 is 23.1 Å². The van der Waals surface area contributed by atoms with E-state index in [4.69, 9.17) is 23.7 Å². The molecule has 3 heterocycles. The minimum Gasteiger partial charge on any atom is -1.00 e. The van der Waals surface area contributed by atoms with E-state index in [0.717, 1.165) is 30.8 Å². The number of aliphatic hydroxyl groups is 1. The Morgan fingerprint density at radius 3 is 1.74 bits per heavy atom. The minimum atomic E-state index is -0.647. The van der Waals surface area contributed by atoms with Crippen LogP contribution in [0.2, 0.25) is 0 Å². The zero-order valence-electron chi connectivity index (χ0n) is 19.8. The number of ether oxygens (including phenoxy) is 5. The average molecular weight is 560 g/mol. The van der Waals surface area contributed by atoms with Gasteiger partial charge < -0.3 is 52.4 Å². The molecule has 5 rings (SSSR count). The molecule has 0 amide bonds. The topological polar surface area (TPSA) is 83.5 Å². The zero-order valence-corrected chi connectivity index (χ0v) is 22.8. The van der Waals surface area contributed by atoms with Crippen LogP contribution in [0.4, 0.5) is 0 Å². The summed E-state index contributed by atoms with van der Waals surface area (Å²) in [6, 6.07) is 10.5. The fourth-order valence-electron chi connectivity index (χ4n) is 3.02. The van der Waals surface area contributed by atoms with E-state index in [0.29, 0.717) is 49.2 Å². The van der Waals surface area contributed by atoms with Gasteiger partial charge in [0.25, 0.3) is 0 Å². The maximum Gasteiger partial charge on any atom is 2.00 e. The molecule has 2 aromatic rings. The van der Waals surface area contributed by atoms with Crippen LogP contribution in [0.25, 0.3) is 0 Å². The van der Waals surface area contributed by atoms with E-state index in [1.54, 1.807) is 36.4 Å². The molecule has 0 saturated carbocycles. The van der Waals surface area contributed by atoms with Crippen molar-refractivity contribution in [3.05, 3.63) is 73.3 Å². The third-order valence-corrected chi connectivity index (χ3v) is 4.66. The van der Waals surface area contributed by atoms with Crippen molar-refractivity contribution in [3.8, 4) is 23.0 Å². The van der Waals surface area contributed by atoms with Gasteiger partial charge in [-0.1, -0.05) is 12.1 Å². The van der Waals surface area contributed by atoms with Gasteiger partial charge in [0.2, 0.25) is 0 Å². The Hall–Kier alpha value is -2.04. The summed E-state index contributed by atoms with van der Waals surface area (Å²) < 4.78 is 26.3. The number of fused-ring (bicyclic) bond motifs is 2. The summed E-state index contributed by atoms with van der Waals surface area (Å²) in [6.07, 6.45) is 4.18. The summed E-state index contributed by atoms with van der Waals surface area (Å²) >= 11 is 0. The van der Waals surface area contributed by atoms with Gasteiger partial charge in [-0.15, -0.1) is 6.58 Å². The van der Waals surface area contributed by atoms with Crippen LogP contribution in [-0.2, 0) is 4.74 Å². The third-order valence-electron chi connectivity index (χ3n) is 4.66. The van der Waals surface area contributed by atoms with Crippen molar-refractivity contribution >= 4 is 29.3 Å². The molecule has 35 heavy (non-hydrogen) atoms. The maximum absolute atomic E-state index is 10.4. The summed E-state index contributed by atoms with van der Waals surface area (Å²) in [7, 11) is 0. The van der Waals surface area contributed by atoms with E-state index >= 15 is 0 Å². The number of carbonyl (C=O) groups is 1. The molecule has 1 saturated heterocycles. The van der Waals surface area contributed by atoms with Crippen molar-refractivity contribution in [1.82, 2.24) is 0 Å². The van der Waals surface area contributed by atoms with Gasteiger partial charge in [0.1, 0.15) is 32.7 Å². The largest absolute Gasteiger partial charge is 2.00 e. The zero-order chi connectivity index (χ0) is 23.9. The molecule has 0 aromatic heterocycles. The van der Waals surface area contributed by atoms with E-state index < -0.39 is 6.10 Å². The Kier molecular flexibility index (Phi) is 18.1. The summed E-state index contributed by atoms with van der Waals surface area (Å²) in [5, 5.41) is 9.52. The molecule has 3 aliphatic heterocycles. The molecule has 3 aliphatic rings. The maximum atomic E-state index is 10.4. The third kappa shape index (κ3) is 11.0. The monoisotopic (exact) mass is 558 g/mol. The quantitative estimate of drug-likeness (QED) is 0.260. The molecule has 1 N–H and O–H groups in total. The van der Waals surface area contributed by atoms with E-state index in [1.807, 2.05) is 0 Å². The van der Waals surface area contributed by atoms with E-state index in [-0.39, 0.29) is 40.0 Å². The van der Waals surface area contributed by atoms with Gasteiger partial charge in [0.05, 0.1) is 6.10 Å². The molecule has 1 unspecified atom stereocenters. The van der Waals surface area contributed by atoms with Crippen LogP contribution in [0, 0.1) is 6.58 Å². The molecule has 0 radical (unpaired) electrons. The average Bonchev–Trinajstić information content (AvgIpc) is 3.50. The van der Waals surface area contributed by atoms with E-state index in [2.05, 4.69) is 19.7 Å². The van der Waals surface area contributed by atoms with Gasteiger partial charge in [-0.2, -0.15) is 0 Å². The smallest absolute Gasteiger partial charge is 1.00 e. The molecule has 7 nitrogen and oxygen atoms in total. The molecule has 0 bridgehead atoms. The predicted molar refractivity (Wildman–Crippen MR) is 131 cm³/mol. The van der Waals surface area contributed by atoms with Crippen LogP contribution < -0.4 is 35.9 Å². The molecular weight excluding hydrogens is 528 g/mol. The van der Waals surface area contributed by atoms with Gasteiger partial charge in [0.15, 0.2) is 23.0 Å². The first-order valence-corrected chi connectivity index (χ1v) is 10.7. The van der Waals surface area contributed by atoms with Gasteiger partial charge in [-0.25, -0.2) is 0 Å². The SMILES string of the molecule is C1CCOC1.C=CC(O)c1ccc2c(c1)OCCO2.O=Cc1ccc2c(c1)OCCO2.[Br-].[CH-]=C.[Mg+2]. The van der Waals surface area contributed by atoms with E-state index in [9.17, 15) is 9.90 Å². The molecule has 9 heteroatoms. The van der Waals surface area contributed by atoms with Crippen LogP contribution in [-0.4, -0.2) is 74.1 Å². The van der Waals surface area contributed by atoms with Crippen molar-refractivity contribution in [3.63, 3.8) is 0 Å². The molecule has 0 aliphatic carbocycles. The standard InChI is InChI=1S/C11H12O3.C9H8O3.C4H8O.C2H3.BrH.Mg/c1-2-9(12)8-3-4-10-11(7-8)14-6-5-13-10;10-6-7-1-2-8-9(5-7)12-4-3-11-8;1-2-4-5-3-1;1-2;;/h2-4,7,9,12H,1,5-6H2;1-2,5-6H,3-4H2;1-4H2;1H,2H2;1H;/q;;;-1;;+2/p-1. The summed E-state index contributed by atoms with van der Waals surface area (Å²) in [5.74, 6) is 2.80. The van der Waals surface area contributed by atoms with Gasteiger partial charge in [0, 0.05) is 18.8 Å². The summed E-state index contributed by atoms with van der Waals surface area (Å²) in [4.78, 5) is 10.4. The first-order valence-electron chi connectivity index (χ1n) is 10.7. The first kappa shape index (κ1) is 33.0. The van der Waals surface area contributed by atoms with Crippen molar-refractivity contribution in [2.75, 3.05) is 39.6 Å². The predicted octanol–water partition coefficient (Wildman–Crippen LogP) is 0.973. The van der Waals surface area contributed by atoms with Crippen molar-refractivity contribution < 1.29 is 50.6 Å². The van der Waals surface area contributed by atoms with Crippen LogP contribution in [0.1, 0.15) is 34.9 Å². The summed E-state index contributed by atoms with van der Waals surface area (Å²) in [6.45, 7) is 14.8. The number of aliphatic hydroxyl groups excluding tert-OH is 1. The van der Waals surface area contributed by atoms with Gasteiger partial charge in [-0.3, -0.25) is 11.4 Å². The first-order chi connectivity index (χ1) is 16.2. The Bertz CT molecular complexity index is 882. The normalized spacial score (nSPS) is 14.8. The fraction of sp³-hybridized carbons (Fsp3) is 0.346. The number of carbonyl (C=O) groups excluding carboxylic acids is 1. The molecule has 1 atom stereocenters.